The van der Waals surface area contributed by atoms with E-state index in [1.165, 1.54) is 16.7 Å². The molecule has 2 aromatic rings. The summed E-state index contributed by atoms with van der Waals surface area (Å²) < 4.78 is 10.7. The smallest absolute Gasteiger partial charge is 0.126 e. The predicted octanol–water partition coefficient (Wildman–Crippen LogP) is 5.00. The Labute approximate surface area is 135 Å². The van der Waals surface area contributed by atoms with Gasteiger partial charge in [-0.15, -0.1) is 0 Å². The van der Waals surface area contributed by atoms with Crippen molar-refractivity contribution in [3.8, 4) is 11.5 Å². The number of methoxy groups -OCH3 is 2. The number of rotatable bonds is 5. The normalized spacial score (nSPS) is 12.0. The average molecular weight is 349 g/mol. The van der Waals surface area contributed by atoms with Crippen LogP contribution in [0.25, 0.3) is 0 Å². The van der Waals surface area contributed by atoms with E-state index in [9.17, 15) is 0 Å². The van der Waals surface area contributed by atoms with Gasteiger partial charge in [0.2, 0.25) is 0 Å². The molecule has 2 rings (SSSR count). The highest BCUT2D eigenvalue weighted by atomic mass is 79.9. The van der Waals surface area contributed by atoms with Crippen LogP contribution in [0.1, 0.15) is 27.1 Å². The van der Waals surface area contributed by atoms with E-state index in [4.69, 9.17) is 9.47 Å². The Hall–Kier alpha value is -1.48. The molecule has 1 unspecified atom stereocenters. The lowest BCUT2D eigenvalue weighted by molar-refractivity contribution is 0.391. The Balaban J connectivity index is 2.27. The zero-order valence-electron chi connectivity index (χ0n) is 12.9. The Kier molecular flexibility index (Phi) is 5.29. The minimum absolute atomic E-state index is 0.207. The Morgan fingerprint density at radius 1 is 1.00 bits per heavy atom. The SMILES string of the molecule is COc1ccc(C(Br)Cc2cc(C)ccc2C)c(OC)c1. The molecule has 0 amide bonds. The minimum Gasteiger partial charge on any atom is -0.497 e. The van der Waals surface area contributed by atoms with Crippen molar-refractivity contribution in [1.29, 1.82) is 0 Å². The summed E-state index contributed by atoms with van der Waals surface area (Å²) in [6.07, 6.45) is 0.927. The van der Waals surface area contributed by atoms with Crippen molar-refractivity contribution in [2.75, 3.05) is 14.2 Å². The van der Waals surface area contributed by atoms with E-state index in [0.717, 1.165) is 23.5 Å². The van der Waals surface area contributed by atoms with E-state index in [0.29, 0.717) is 0 Å². The van der Waals surface area contributed by atoms with Gasteiger partial charge in [0.25, 0.3) is 0 Å². The standard InChI is InChI=1S/C18H21BrO2/c1-12-5-6-13(2)14(9-12)10-17(19)16-8-7-15(20-3)11-18(16)21-4/h5-9,11,17H,10H2,1-4H3. The van der Waals surface area contributed by atoms with Crippen LogP contribution in [0.2, 0.25) is 0 Å². The molecule has 0 saturated carbocycles. The summed E-state index contributed by atoms with van der Waals surface area (Å²) in [7, 11) is 3.35. The molecule has 2 aromatic carbocycles. The molecule has 0 aliphatic carbocycles. The monoisotopic (exact) mass is 348 g/mol. The molecule has 112 valence electrons. The number of alkyl halides is 1. The molecule has 2 nitrogen and oxygen atoms in total. The Bertz CT molecular complexity index is 623. The van der Waals surface area contributed by atoms with Crippen molar-refractivity contribution < 1.29 is 9.47 Å². The number of halogens is 1. The van der Waals surface area contributed by atoms with Gasteiger partial charge in [0.05, 0.1) is 14.2 Å². The molecule has 3 heteroatoms. The molecule has 0 spiro atoms. The first-order valence-corrected chi connectivity index (χ1v) is 7.89. The number of hydrogen-bond donors (Lipinski definition) is 0. The highest BCUT2D eigenvalue weighted by molar-refractivity contribution is 9.09. The summed E-state index contributed by atoms with van der Waals surface area (Å²) in [6, 6.07) is 12.5. The van der Waals surface area contributed by atoms with Crippen LogP contribution in [0, 0.1) is 13.8 Å². The van der Waals surface area contributed by atoms with Gasteiger partial charge in [-0.2, -0.15) is 0 Å². The van der Waals surface area contributed by atoms with E-state index in [1.807, 2.05) is 12.1 Å². The van der Waals surface area contributed by atoms with Crippen LogP contribution < -0.4 is 9.47 Å². The first-order valence-electron chi connectivity index (χ1n) is 6.97. The fourth-order valence-corrected chi connectivity index (χ4v) is 3.13. The van der Waals surface area contributed by atoms with Crippen molar-refractivity contribution >= 4 is 15.9 Å². The third kappa shape index (κ3) is 3.79. The van der Waals surface area contributed by atoms with Crippen LogP contribution in [-0.2, 0) is 6.42 Å². The van der Waals surface area contributed by atoms with Crippen molar-refractivity contribution in [3.05, 3.63) is 58.7 Å². The highest BCUT2D eigenvalue weighted by Crippen LogP contribution is 2.36. The number of ether oxygens (including phenoxy) is 2. The molecule has 0 bridgehead atoms. The van der Waals surface area contributed by atoms with Gasteiger partial charge in [0.1, 0.15) is 11.5 Å². The predicted molar refractivity (Wildman–Crippen MR) is 90.8 cm³/mol. The average Bonchev–Trinajstić information content (AvgIpc) is 2.50. The van der Waals surface area contributed by atoms with Crippen LogP contribution in [0.3, 0.4) is 0 Å². The molecule has 0 fully saturated rings. The van der Waals surface area contributed by atoms with Gasteiger partial charge in [-0.3, -0.25) is 0 Å². The van der Waals surface area contributed by atoms with E-state index in [2.05, 4.69) is 54.0 Å². The molecule has 21 heavy (non-hydrogen) atoms. The zero-order chi connectivity index (χ0) is 15.4. The molecular formula is C18H21BrO2. The molecule has 0 aliphatic rings. The third-order valence-corrected chi connectivity index (χ3v) is 4.50. The third-order valence-electron chi connectivity index (χ3n) is 3.68. The van der Waals surface area contributed by atoms with Crippen molar-refractivity contribution in [2.45, 2.75) is 25.1 Å². The molecular weight excluding hydrogens is 328 g/mol. The molecule has 0 heterocycles. The topological polar surface area (TPSA) is 18.5 Å². The summed E-state index contributed by atoms with van der Waals surface area (Å²) in [5, 5.41) is 0. The lowest BCUT2D eigenvalue weighted by Crippen LogP contribution is -2.01. The molecule has 0 aliphatic heterocycles. The van der Waals surface area contributed by atoms with E-state index in [-0.39, 0.29) is 4.83 Å². The van der Waals surface area contributed by atoms with Gasteiger partial charge in [-0.1, -0.05) is 45.8 Å². The van der Waals surface area contributed by atoms with Gasteiger partial charge in [-0.25, -0.2) is 0 Å². The maximum absolute atomic E-state index is 5.49. The lowest BCUT2D eigenvalue weighted by Gasteiger charge is -2.17. The van der Waals surface area contributed by atoms with Crippen LogP contribution >= 0.6 is 15.9 Å². The molecule has 0 aromatic heterocycles. The minimum atomic E-state index is 0.207. The summed E-state index contributed by atoms with van der Waals surface area (Å²) in [4.78, 5) is 0.207. The molecule has 0 N–H and O–H groups in total. The fraction of sp³-hybridized carbons (Fsp3) is 0.333. The van der Waals surface area contributed by atoms with Crippen molar-refractivity contribution in [2.24, 2.45) is 0 Å². The Morgan fingerprint density at radius 3 is 2.43 bits per heavy atom. The summed E-state index contributed by atoms with van der Waals surface area (Å²) in [5.74, 6) is 1.66. The van der Waals surface area contributed by atoms with Crippen LogP contribution in [0.15, 0.2) is 36.4 Å². The zero-order valence-corrected chi connectivity index (χ0v) is 14.5. The van der Waals surface area contributed by atoms with Crippen LogP contribution in [0.5, 0.6) is 11.5 Å². The second-order valence-corrected chi connectivity index (χ2v) is 6.31. The van der Waals surface area contributed by atoms with E-state index in [1.54, 1.807) is 14.2 Å². The van der Waals surface area contributed by atoms with Gasteiger partial charge in [-0.05, 0) is 37.5 Å². The summed E-state index contributed by atoms with van der Waals surface area (Å²) >= 11 is 3.80. The fourth-order valence-electron chi connectivity index (χ4n) is 2.40. The second kappa shape index (κ2) is 6.99. The van der Waals surface area contributed by atoms with Crippen molar-refractivity contribution in [3.63, 3.8) is 0 Å². The highest BCUT2D eigenvalue weighted by Gasteiger charge is 2.15. The van der Waals surface area contributed by atoms with Gasteiger partial charge in [0, 0.05) is 16.5 Å². The first-order chi connectivity index (χ1) is 10.0. The van der Waals surface area contributed by atoms with Gasteiger partial charge >= 0.3 is 0 Å². The van der Waals surface area contributed by atoms with E-state index < -0.39 is 0 Å². The molecule has 1 atom stereocenters. The molecule has 0 saturated heterocycles. The number of hydrogen-bond acceptors (Lipinski definition) is 2. The molecule has 0 radical (unpaired) electrons. The van der Waals surface area contributed by atoms with Crippen LogP contribution in [0.4, 0.5) is 0 Å². The summed E-state index contributed by atoms with van der Waals surface area (Å²) in [5.41, 5.74) is 5.10. The number of aryl methyl sites for hydroxylation is 2. The van der Waals surface area contributed by atoms with Crippen molar-refractivity contribution in [1.82, 2.24) is 0 Å². The quantitative estimate of drug-likeness (QED) is 0.708. The maximum atomic E-state index is 5.49. The van der Waals surface area contributed by atoms with Crippen LogP contribution in [-0.4, -0.2) is 14.2 Å². The second-order valence-electron chi connectivity index (χ2n) is 5.21. The lowest BCUT2D eigenvalue weighted by atomic mass is 9.98. The van der Waals surface area contributed by atoms with Gasteiger partial charge in [0.15, 0.2) is 0 Å². The maximum Gasteiger partial charge on any atom is 0.126 e. The van der Waals surface area contributed by atoms with Gasteiger partial charge < -0.3 is 9.47 Å². The largest absolute Gasteiger partial charge is 0.497 e. The summed E-state index contributed by atoms with van der Waals surface area (Å²) in [6.45, 7) is 4.28. The van der Waals surface area contributed by atoms with E-state index >= 15 is 0 Å². The number of benzene rings is 2. The first kappa shape index (κ1) is 15.9. The Morgan fingerprint density at radius 2 is 1.76 bits per heavy atom.